The normalized spacial score (nSPS) is 40.5. The zero-order valence-electron chi connectivity index (χ0n) is 25.6. The minimum atomic E-state index is -1.76. The molecule has 47 heavy (non-hydrogen) atoms. The van der Waals surface area contributed by atoms with E-state index in [2.05, 4.69) is 26.6 Å². The minimum absolute atomic E-state index is 0.0562. The molecule has 3 aliphatic heterocycles. The second kappa shape index (κ2) is 18.2. The van der Waals surface area contributed by atoms with E-state index >= 15 is 0 Å². The van der Waals surface area contributed by atoms with Gasteiger partial charge in [0.1, 0.15) is 67.0 Å². The predicted octanol–water partition coefficient (Wildman–Crippen LogP) is -5.17. The Morgan fingerprint density at radius 2 is 1.49 bits per heavy atom. The SMILES string of the molecule is C#CCCC(=O)NC1[C@H](O[C@H]2C(CO)OC(OCC3O[C@@H](C)C(N)[C@@H](O)[C@@H]3O)[C@H](NC(=O)CCN=[N+]=[N-])C2O)OC(CO)[C@@H](O)[C@@H]1O. The molecule has 3 aliphatic rings. The number of aliphatic hydroxyl groups excluding tert-OH is 7. The zero-order valence-corrected chi connectivity index (χ0v) is 25.6. The van der Waals surface area contributed by atoms with Gasteiger partial charge in [-0.15, -0.1) is 12.3 Å². The van der Waals surface area contributed by atoms with Gasteiger partial charge in [-0.1, -0.05) is 5.11 Å². The van der Waals surface area contributed by atoms with Crippen LogP contribution in [-0.2, 0) is 33.3 Å². The van der Waals surface area contributed by atoms with E-state index in [1.807, 2.05) is 0 Å². The Morgan fingerprint density at radius 3 is 2.11 bits per heavy atom. The van der Waals surface area contributed by atoms with E-state index in [0.717, 1.165) is 0 Å². The van der Waals surface area contributed by atoms with Crippen molar-refractivity contribution in [3.05, 3.63) is 10.4 Å². The molecule has 3 heterocycles. The Morgan fingerprint density at radius 1 is 0.894 bits per heavy atom. The summed E-state index contributed by atoms with van der Waals surface area (Å²) in [6.07, 6.45) is -12.4. The van der Waals surface area contributed by atoms with Crippen LogP contribution < -0.4 is 16.4 Å². The van der Waals surface area contributed by atoms with Crippen LogP contribution in [0.4, 0.5) is 0 Å². The van der Waals surface area contributed by atoms with Crippen LogP contribution in [0.2, 0.25) is 0 Å². The summed E-state index contributed by atoms with van der Waals surface area (Å²) in [5, 5.41) is 81.7. The van der Waals surface area contributed by atoms with Crippen molar-refractivity contribution < 1.29 is 69.0 Å². The minimum Gasteiger partial charge on any atom is -0.394 e. The summed E-state index contributed by atoms with van der Waals surface area (Å²) in [7, 11) is 0. The van der Waals surface area contributed by atoms with E-state index in [1.54, 1.807) is 6.92 Å². The summed E-state index contributed by atoms with van der Waals surface area (Å²) >= 11 is 0. The van der Waals surface area contributed by atoms with Gasteiger partial charge >= 0.3 is 0 Å². The summed E-state index contributed by atoms with van der Waals surface area (Å²) in [5.74, 6) is 0.945. The van der Waals surface area contributed by atoms with Crippen LogP contribution in [-0.4, -0.2) is 166 Å². The average molecular weight is 677 g/mol. The van der Waals surface area contributed by atoms with E-state index < -0.39 is 123 Å². The number of nitrogens with zero attached hydrogens (tertiary/aromatic N) is 3. The van der Waals surface area contributed by atoms with Crippen LogP contribution in [0.15, 0.2) is 5.11 Å². The van der Waals surface area contributed by atoms with Crippen molar-refractivity contribution in [2.75, 3.05) is 26.4 Å². The van der Waals surface area contributed by atoms with Gasteiger partial charge in [-0.2, -0.15) is 0 Å². The number of carbonyl (C=O) groups is 2. The summed E-state index contributed by atoms with van der Waals surface area (Å²) < 4.78 is 28.9. The van der Waals surface area contributed by atoms with Gasteiger partial charge in [-0.25, -0.2) is 0 Å². The molecular weight excluding hydrogens is 632 g/mol. The molecule has 11 N–H and O–H groups in total. The van der Waals surface area contributed by atoms with Gasteiger partial charge in [0.25, 0.3) is 0 Å². The Bertz CT molecular complexity index is 1130. The number of nitrogens with one attached hydrogen (secondary N) is 2. The highest BCUT2D eigenvalue weighted by Gasteiger charge is 2.52. The van der Waals surface area contributed by atoms with E-state index in [-0.39, 0.29) is 25.8 Å². The van der Waals surface area contributed by atoms with Gasteiger partial charge in [-0.3, -0.25) is 9.59 Å². The van der Waals surface area contributed by atoms with E-state index in [4.69, 9.17) is 41.4 Å². The fraction of sp³-hybridized carbons (Fsp3) is 0.852. The Balaban J connectivity index is 1.86. The molecule has 0 aromatic rings. The second-order valence-corrected chi connectivity index (χ2v) is 11.4. The fourth-order valence-electron chi connectivity index (χ4n) is 5.44. The summed E-state index contributed by atoms with van der Waals surface area (Å²) in [6, 6.07) is -3.80. The lowest BCUT2D eigenvalue weighted by molar-refractivity contribution is -0.335. The third-order valence-electron chi connectivity index (χ3n) is 8.16. The third kappa shape index (κ3) is 9.69. The maximum Gasteiger partial charge on any atom is 0.221 e. The molecule has 0 spiro atoms. The first kappa shape index (κ1) is 38.7. The number of amides is 2. The lowest BCUT2D eigenvalue weighted by Gasteiger charge is -2.48. The van der Waals surface area contributed by atoms with Gasteiger partial charge in [-0.05, 0) is 12.5 Å². The predicted molar refractivity (Wildman–Crippen MR) is 155 cm³/mol. The van der Waals surface area contributed by atoms with Gasteiger partial charge in [0, 0.05) is 30.7 Å². The maximum absolute atomic E-state index is 12.7. The second-order valence-electron chi connectivity index (χ2n) is 11.4. The van der Waals surface area contributed by atoms with Crippen LogP contribution in [0, 0.1) is 12.3 Å². The highest BCUT2D eigenvalue weighted by atomic mass is 16.7. The summed E-state index contributed by atoms with van der Waals surface area (Å²) in [6.45, 7) is -0.641. The summed E-state index contributed by atoms with van der Waals surface area (Å²) in [4.78, 5) is 27.8. The molecule has 0 aromatic heterocycles. The monoisotopic (exact) mass is 676 g/mol. The van der Waals surface area contributed by atoms with Crippen molar-refractivity contribution in [1.29, 1.82) is 0 Å². The smallest absolute Gasteiger partial charge is 0.221 e. The lowest BCUT2D eigenvalue weighted by Crippen LogP contribution is -2.69. The highest BCUT2D eigenvalue weighted by molar-refractivity contribution is 5.77. The number of hydrogen-bond donors (Lipinski definition) is 10. The standard InChI is InChI=1S/C27H44N6O14/c1-3-4-5-15(36)31-18-23(41)20(38)12(8-34)45-27(18)47-25-13(9-35)46-26(19(24(25)42)32-16(37)6-7-30-33-29)43-10-14-21(39)22(40)17(28)11(2)44-14/h1,11-14,17-27,34-35,38-42H,4-10,28H2,2H3,(H,31,36)(H,32,37)/t11-,12?,13?,14?,17?,18?,19+,20+,21+,22+,23+,24?,25-,26?,27-/m0/s1. The van der Waals surface area contributed by atoms with Gasteiger partial charge in [0.15, 0.2) is 12.6 Å². The van der Waals surface area contributed by atoms with Gasteiger partial charge in [0.2, 0.25) is 11.8 Å². The number of aliphatic hydroxyl groups is 7. The number of nitrogens with two attached hydrogens (primary N) is 1. The van der Waals surface area contributed by atoms with Crippen molar-refractivity contribution in [3.8, 4) is 12.3 Å². The van der Waals surface area contributed by atoms with Gasteiger partial charge in [0.05, 0.1) is 32.0 Å². The number of ether oxygens (including phenoxy) is 5. The van der Waals surface area contributed by atoms with E-state index in [9.17, 15) is 45.3 Å². The number of hydrogen-bond acceptors (Lipinski definition) is 16. The first-order chi connectivity index (χ1) is 22.4. The molecule has 2 amide bonds. The molecular formula is C27H44N6O14. The molecule has 3 rings (SSSR count). The van der Waals surface area contributed by atoms with Crippen LogP contribution in [0.5, 0.6) is 0 Å². The molecule has 0 aromatic carbocycles. The van der Waals surface area contributed by atoms with Crippen molar-refractivity contribution in [2.45, 2.75) is 118 Å². The third-order valence-corrected chi connectivity index (χ3v) is 8.16. The number of azide groups is 1. The molecule has 20 nitrogen and oxygen atoms in total. The Hall–Kier alpha value is -2.71. The molecule has 15 atom stereocenters. The first-order valence-corrected chi connectivity index (χ1v) is 15.0. The Labute approximate surface area is 269 Å². The topological polar surface area (TPSA) is 321 Å². The molecule has 0 saturated carbocycles. The lowest BCUT2D eigenvalue weighted by atomic mass is 9.94. The van der Waals surface area contributed by atoms with Crippen LogP contribution in [0.25, 0.3) is 10.4 Å². The fourth-order valence-corrected chi connectivity index (χ4v) is 5.44. The van der Waals surface area contributed by atoms with Crippen LogP contribution in [0.3, 0.4) is 0 Å². The maximum atomic E-state index is 12.7. The summed E-state index contributed by atoms with van der Waals surface area (Å²) in [5.41, 5.74) is 14.4. The van der Waals surface area contributed by atoms with Crippen LogP contribution >= 0.6 is 0 Å². The quantitative estimate of drug-likeness (QED) is 0.0356. The number of carbonyl (C=O) groups excluding carboxylic acids is 2. The molecule has 20 heteroatoms. The number of terminal acetylenes is 1. The molecule has 3 saturated heterocycles. The molecule has 7 unspecified atom stereocenters. The van der Waals surface area contributed by atoms with Crippen molar-refractivity contribution in [3.63, 3.8) is 0 Å². The van der Waals surface area contributed by atoms with E-state index in [0.29, 0.717) is 0 Å². The van der Waals surface area contributed by atoms with Crippen molar-refractivity contribution in [1.82, 2.24) is 10.6 Å². The first-order valence-electron chi connectivity index (χ1n) is 15.0. The average Bonchev–Trinajstić information content (AvgIpc) is 3.05. The van der Waals surface area contributed by atoms with Gasteiger partial charge < -0.3 is 75.8 Å². The van der Waals surface area contributed by atoms with Crippen molar-refractivity contribution >= 4 is 11.8 Å². The van der Waals surface area contributed by atoms with Crippen LogP contribution in [0.1, 0.15) is 26.2 Å². The Kier molecular flexibility index (Phi) is 15.0. The van der Waals surface area contributed by atoms with E-state index in [1.165, 1.54) is 0 Å². The zero-order chi connectivity index (χ0) is 34.8. The molecule has 266 valence electrons. The molecule has 3 fully saturated rings. The largest absolute Gasteiger partial charge is 0.394 e. The molecule has 0 radical (unpaired) electrons. The van der Waals surface area contributed by atoms with Crippen molar-refractivity contribution in [2.24, 2.45) is 10.8 Å². The number of rotatable bonds is 14. The molecule has 0 bridgehead atoms. The highest BCUT2D eigenvalue weighted by Crippen LogP contribution is 2.31. The molecule has 0 aliphatic carbocycles.